The van der Waals surface area contributed by atoms with E-state index >= 15 is 0 Å². The molecular formula is C26H40N4O3S. The highest BCUT2D eigenvalue weighted by atomic mass is 32.1. The van der Waals surface area contributed by atoms with Crippen molar-refractivity contribution in [1.29, 1.82) is 0 Å². The average Bonchev–Trinajstić information content (AvgIpc) is 3.33. The molecule has 1 amide bonds. The van der Waals surface area contributed by atoms with Crippen molar-refractivity contribution < 1.29 is 9.72 Å². The summed E-state index contributed by atoms with van der Waals surface area (Å²) in [7, 11) is 0. The Kier molecular flexibility index (Phi) is 17.0. The van der Waals surface area contributed by atoms with Crippen LogP contribution in [0.15, 0.2) is 42.5 Å². The number of carbonyl (C=O) groups is 1. The van der Waals surface area contributed by atoms with Gasteiger partial charge in [0.2, 0.25) is 0 Å². The van der Waals surface area contributed by atoms with E-state index in [1.165, 1.54) is 47.6 Å². The van der Waals surface area contributed by atoms with E-state index in [1.807, 2.05) is 47.6 Å². The summed E-state index contributed by atoms with van der Waals surface area (Å²) in [5, 5.41) is 13.9. The molecule has 7 nitrogen and oxygen atoms in total. The predicted molar refractivity (Wildman–Crippen MR) is 145 cm³/mol. The molecule has 2 aromatic heterocycles. The third kappa shape index (κ3) is 9.97. The zero-order chi connectivity index (χ0) is 25.9. The van der Waals surface area contributed by atoms with Crippen LogP contribution in [-0.2, 0) is 12.8 Å². The Balaban J connectivity index is 0.000000612. The molecule has 4 rings (SSSR count). The second kappa shape index (κ2) is 18.6. The van der Waals surface area contributed by atoms with Gasteiger partial charge in [-0.25, -0.2) is 4.98 Å². The highest BCUT2D eigenvalue weighted by Crippen LogP contribution is 2.29. The molecule has 3 aromatic rings. The van der Waals surface area contributed by atoms with Crippen molar-refractivity contribution in [2.75, 3.05) is 13.1 Å². The van der Waals surface area contributed by atoms with Gasteiger partial charge in [-0.15, -0.1) is 11.3 Å². The fourth-order valence-electron chi connectivity index (χ4n) is 3.03. The number of rotatable bonds is 4. The molecule has 0 saturated carbocycles. The van der Waals surface area contributed by atoms with E-state index in [0.717, 1.165) is 27.9 Å². The topological polar surface area (TPSA) is 111 Å². The number of nitro benzene ring substituents is 1. The Labute approximate surface area is 207 Å². The van der Waals surface area contributed by atoms with Gasteiger partial charge in [0.05, 0.1) is 9.80 Å². The Hall–Kier alpha value is -2.84. The summed E-state index contributed by atoms with van der Waals surface area (Å²) in [6, 6.07) is 12.1. The van der Waals surface area contributed by atoms with Gasteiger partial charge in [-0.05, 0) is 43.4 Å². The van der Waals surface area contributed by atoms with Crippen LogP contribution in [0.5, 0.6) is 0 Å². The molecule has 0 unspecified atom stereocenters. The third-order valence-corrected chi connectivity index (χ3v) is 5.45. The largest absolute Gasteiger partial charge is 0.350 e. The van der Waals surface area contributed by atoms with Gasteiger partial charge in [-0.3, -0.25) is 14.9 Å². The predicted octanol–water partition coefficient (Wildman–Crippen LogP) is 6.54. The molecule has 0 saturated heterocycles. The molecule has 0 atom stereocenters. The van der Waals surface area contributed by atoms with Crippen LogP contribution >= 0.6 is 11.3 Å². The van der Waals surface area contributed by atoms with Crippen LogP contribution in [0.25, 0.3) is 10.2 Å². The average molecular weight is 489 g/mol. The van der Waals surface area contributed by atoms with Crippen molar-refractivity contribution in [3.05, 3.63) is 68.7 Å². The van der Waals surface area contributed by atoms with E-state index in [9.17, 15) is 14.9 Å². The van der Waals surface area contributed by atoms with Crippen molar-refractivity contribution in [3.63, 3.8) is 0 Å². The number of nitrogens with two attached hydrogens (primary N) is 1. The van der Waals surface area contributed by atoms with E-state index < -0.39 is 4.92 Å². The van der Waals surface area contributed by atoms with Crippen LogP contribution < -0.4 is 11.1 Å². The van der Waals surface area contributed by atoms with Gasteiger partial charge in [0, 0.05) is 36.3 Å². The molecule has 8 heteroatoms. The number of nitrogens with zero attached hydrogens (tertiary/aromatic N) is 2. The van der Waals surface area contributed by atoms with Crippen molar-refractivity contribution in [3.8, 4) is 0 Å². The van der Waals surface area contributed by atoms with E-state index in [4.69, 9.17) is 10.7 Å². The molecule has 0 radical (unpaired) electrons. The normalized spacial score (nSPS) is 10.9. The lowest BCUT2D eigenvalue weighted by atomic mass is 9.96. The summed E-state index contributed by atoms with van der Waals surface area (Å²) in [6.45, 7) is 13.0. The number of aromatic nitrogens is 1. The molecule has 1 aliphatic rings. The number of non-ortho nitro benzene ring substituents is 1. The minimum Gasteiger partial charge on any atom is -0.350 e. The maximum atomic E-state index is 11.9. The van der Waals surface area contributed by atoms with Crippen LogP contribution in [0.2, 0.25) is 0 Å². The van der Waals surface area contributed by atoms with Crippen LogP contribution in [0.3, 0.4) is 0 Å². The molecule has 188 valence electrons. The fraction of sp³-hybridized carbons (Fsp3) is 0.462. The first-order valence-electron chi connectivity index (χ1n) is 12.2. The Bertz CT molecular complexity index is 932. The van der Waals surface area contributed by atoms with E-state index in [0.29, 0.717) is 13.1 Å². The van der Waals surface area contributed by atoms with E-state index in [-0.39, 0.29) is 11.6 Å². The SMILES string of the molecule is CC.CC.CC.NCCNC(=O)c1cc2cc3c(nc2s1)CCCC3.O=[N+]([O-])c1ccccc1. The van der Waals surface area contributed by atoms with Gasteiger partial charge < -0.3 is 11.1 Å². The van der Waals surface area contributed by atoms with E-state index in [1.54, 1.807) is 18.2 Å². The summed E-state index contributed by atoms with van der Waals surface area (Å²) in [6.07, 6.45) is 4.65. The summed E-state index contributed by atoms with van der Waals surface area (Å²) in [5.41, 5.74) is 8.10. The van der Waals surface area contributed by atoms with Crippen molar-refractivity contribution in [2.24, 2.45) is 5.73 Å². The number of pyridine rings is 1. The second-order valence-electron chi connectivity index (χ2n) is 6.44. The molecule has 0 bridgehead atoms. The van der Waals surface area contributed by atoms with Crippen LogP contribution in [0.1, 0.15) is 75.3 Å². The minimum atomic E-state index is -0.417. The highest BCUT2D eigenvalue weighted by molar-refractivity contribution is 7.20. The number of benzene rings is 1. The molecule has 0 aliphatic heterocycles. The number of carbonyl (C=O) groups excluding carboxylic acids is 1. The lowest BCUT2D eigenvalue weighted by Gasteiger charge is -2.13. The Morgan fingerprint density at radius 3 is 2.24 bits per heavy atom. The molecular weight excluding hydrogens is 448 g/mol. The first-order chi connectivity index (χ1) is 16.6. The number of aryl methyl sites for hydroxylation is 2. The van der Waals surface area contributed by atoms with Gasteiger partial charge in [0.25, 0.3) is 11.6 Å². The fourth-order valence-corrected chi connectivity index (χ4v) is 3.98. The van der Waals surface area contributed by atoms with Gasteiger partial charge >= 0.3 is 0 Å². The number of amides is 1. The third-order valence-electron chi connectivity index (χ3n) is 4.41. The lowest BCUT2D eigenvalue weighted by molar-refractivity contribution is -0.384. The monoisotopic (exact) mass is 488 g/mol. The van der Waals surface area contributed by atoms with Crippen molar-refractivity contribution >= 4 is 33.1 Å². The summed E-state index contributed by atoms with van der Waals surface area (Å²) in [5.74, 6) is -0.0496. The maximum absolute atomic E-state index is 11.9. The molecule has 34 heavy (non-hydrogen) atoms. The minimum absolute atomic E-state index is 0.0496. The number of para-hydroxylation sites is 1. The standard InChI is InChI=1S/C14H17N3OS.C6H5NO2.3C2H6/c15-5-6-16-13(18)12-8-10-7-9-3-1-2-4-11(9)17-14(10)19-12;8-7(9)6-4-2-1-3-5-6;3*1-2/h7-8H,1-6,15H2,(H,16,18);1-5H;3*1-2H3. The van der Waals surface area contributed by atoms with Gasteiger partial charge in [0.15, 0.2) is 0 Å². The quantitative estimate of drug-likeness (QED) is 0.320. The molecule has 1 aliphatic carbocycles. The smallest absolute Gasteiger partial charge is 0.269 e. The van der Waals surface area contributed by atoms with E-state index in [2.05, 4.69) is 11.4 Å². The zero-order valence-corrected chi connectivity index (χ0v) is 22.2. The van der Waals surface area contributed by atoms with Gasteiger partial charge in [-0.1, -0.05) is 59.7 Å². The summed E-state index contributed by atoms with van der Waals surface area (Å²) < 4.78 is 0. The molecule has 0 fully saturated rings. The number of nitro groups is 1. The second-order valence-corrected chi connectivity index (χ2v) is 7.47. The number of thiophene rings is 1. The summed E-state index contributed by atoms with van der Waals surface area (Å²) in [4.78, 5) is 27.9. The van der Waals surface area contributed by atoms with Crippen LogP contribution in [0.4, 0.5) is 5.69 Å². The maximum Gasteiger partial charge on any atom is 0.269 e. The number of hydrogen-bond acceptors (Lipinski definition) is 6. The Morgan fingerprint density at radius 2 is 1.68 bits per heavy atom. The lowest BCUT2D eigenvalue weighted by Crippen LogP contribution is -2.28. The Morgan fingerprint density at radius 1 is 1.06 bits per heavy atom. The van der Waals surface area contributed by atoms with Crippen LogP contribution in [-0.4, -0.2) is 28.9 Å². The summed E-state index contributed by atoms with van der Waals surface area (Å²) >= 11 is 1.46. The first-order valence-corrected chi connectivity index (χ1v) is 13.0. The van der Waals surface area contributed by atoms with Crippen molar-refractivity contribution in [1.82, 2.24) is 10.3 Å². The molecule has 0 spiro atoms. The first kappa shape index (κ1) is 31.2. The van der Waals surface area contributed by atoms with Gasteiger partial charge in [0.1, 0.15) is 4.83 Å². The van der Waals surface area contributed by atoms with Gasteiger partial charge in [-0.2, -0.15) is 0 Å². The molecule has 1 aromatic carbocycles. The molecule has 3 N–H and O–H groups in total. The molecule has 2 heterocycles. The highest BCUT2D eigenvalue weighted by Gasteiger charge is 2.15. The number of hydrogen-bond donors (Lipinski definition) is 2. The number of fused-ring (bicyclic) bond motifs is 2. The number of nitrogens with one attached hydrogen (secondary N) is 1. The van der Waals surface area contributed by atoms with Crippen LogP contribution in [0, 0.1) is 10.1 Å². The zero-order valence-electron chi connectivity index (χ0n) is 21.4. The van der Waals surface area contributed by atoms with Crippen molar-refractivity contribution in [2.45, 2.75) is 67.2 Å².